The summed E-state index contributed by atoms with van der Waals surface area (Å²) in [5.74, 6) is 0. The van der Waals surface area contributed by atoms with Crippen molar-refractivity contribution in [2.45, 2.75) is 6.42 Å². The second kappa shape index (κ2) is 5.72. The smallest absolute Gasteiger partial charge is 0.101 e. The van der Waals surface area contributed by atoms with Crippen LogP contribution in [0.15, 0.2) is 29.8 Å². The number of rotatable bonds is 3. The normalized spacial score (nSPS) is 14.9. The molecule has 0 aliphatic carbocycles. The monoisotopic (exact) mass is 247 g/mol. The predicted molar refractivity (Wildman–Crippen MR) is 70.2 cm³/mol. The van der Waals surface area contributed by atoms with Crippen molar-refractivity contribution in [3.05, 3.63) is 40.4 Å². The summed E-state index contributed by atoms with van der Waals surface area (Å²) in [5.41, 5.74) is 2.80. The van der Waals surface area contributed by atoms with Gasteiger partial charge in [0.25, 0.3) is 0 Å². The number of hydrogen-bond donors (Lipinski definition) is 2. The lowest BCUT2D eigenvalue weighted by molar-refractivity contribution is 0.698. The fourth-order valence-electron chi connectivity index (χ4n) is 1.80. The molecule has 0 fully saturated rings. The summed E-state index contributed by atoms with van der Waals surface area (Å²) in [6, 6.07) is 7.42. The molecule has 0 saturated heterocycles. The van der Waals surface area contributed by atoms with Crippen LogP contribution in [0.4, 0.5) is 5.69 Å². The van der Waals surface area contributed by atoms with Gasteiger partial charge in [-0.25, -0.2) is 0 Å². The van der Waals surface area contributed by atoms with Gasteiger partial charge in [-0.1, -0.05) is 23.3 Å². The van der Waals surface area contributed by atoms with E-state index >= 15 is 0 Å². The molecule has 4 heteroatoms. The highest BCUT2D eigenvalue weighted by molar-refractivity contribution is 6.30. The van der Waals surface area contributed by atoms with Crippen molar-refractivity contribution < 1.29 is 0 Å². The Kier molecular flexibility index (Phi) is 4.03. The highest BCUT2D eigenvalue weighted by Crippen LogP contribution is 2.20. The fourth-order valence-corrected chi connectivity index (χ4v) is 1.97. The summed E-state index contributed by atoms with van der Waals surface area (Å²) >= 11 is 5.92. The quantitative estimate of drug-likeness (QED) is 0.807. The third kappa shape index (κ3) is 3.23. The Hall–Kier alpha value is -1.50. The van der Waals surface area contributed by atoms with Crippen LogP contribution in [0, 0.1) is 11.3 Å². The van der Waals surface area contributed by atoms with Crippen molar-refractivity contribution >= 4 is 17.3 Å². The molecule has 88 valence electrons. The summed E-state index contributed by atoms with van der Waals surface area (Å²) in [7, 11) is 0. The van der Waals surface area contributed by atoms with Gasteiger partial charge < -0.3 is 10.6 Å². The number of benzene rings is 1. The molecule has 0 unspecified atom stereocenters. The predicted octanol–water partition coefficient (Wildman–Crippen LogP) is 2.54. The second-order valence-corrected chi connectivity index (χ2v) is 4.41. The van der Waals surface area contributed by atoms with Crippen molar-refractivity contribution in [3.8, 4) is 6.07 Å². The number of nitrogens with one attached hydrogen (secondary N) is 2. The maximum absolute atomic E-state index is 8.99. The highest BCUT2D eigenvalue weighted by atomic mass is 35.5. The van der Waals surface area contributed by atoms with Crippen LogP contribution in [0.2, 0.25) is 5.02 Å². The Bertz CT molecular complexity index is 474. The maximum Gasteiger partial charge on any atom is 0.101 e. The molecule has 0 radical (unpaired) electrons. The minimum Gasteiger partial charge on any atom is -0.380 e. The van der Waals surface area contributed by atoms with E-state index in [2.05, 4.69) is 22.8 Å². The molecule has 0 amide bonds. The molecule has 1 heterocycles. The first-order valence-electron chi connectivity index (χ1n) is 5.62. The maximum atomic E-state index is 8.99. The molecule has 0 bridgehead atoms. The highest BCUT2D eigenvalue weighted by Gasteiger charge is 2.05. The summed E-state index contributed by atoms with van der Waals surface area (Å²) in [6.07, 6.45) is 3.24. The molecule has 1 aliphatic rings. The number of anilines is 1. The fraction of sp³-hybridized carbons (Fsp3) is 0.308. The number of nitrogens with zero attached hydrogens (tertiary/aromatic N) is 1. The van der Waals surface area contributed by atoms with Crippen LogP contribution in [0.3, 0.4) is 0 Å². The summed E-state index contributed by atoms with van der Waals surface area (Å²) in [5, 5.41) is 16.2. The van der Waals surface area contributed by atoms with E-state index in [-0.39, 0.29) is 0 Å². The molecular weight excluding hydrogens is 234 g/mol. The van der Waals surface area contributed by atoms with Crippen LogP contribution in [0.25, 0.3) is 0 Å². The van der Waals surface area contributed by atoms with Gasteiger partial charge in [-0.15, -0.1) is 0 Å². The van der Waals surface area contributed by atoms with Gasteiger partial charge >= 0.3 is 0 Å². The van der Waals surface area contributed by atoms with E-state index in [0.717, 1.165) is 31.7 Å². The third-order valence-electron chi connectivity index (χ3n) is 2.77. The van der Waals surface area contributed by atoms with Crippen LogP contribution in [0.1, 0.15) is 12.0 Å². The standard InChI is InChI=1S/C13H14ClN3/c14-12-2-1-11(8-15)13(7-12)17-9-10-3-5-16-6-4-10/h1-3,7,16-17H,4-6,9H2. The van der Waals surface area contributed by atoms with Crippen molar-refractivity contribution in [2.24, 2.45) is 0 Å². The minimum absolute atomic E-state index is 0.629. The number of nitriles is 1. The van der Waals surface area contributed by atoms with Gasteiger partial charge in [0.1, 0.15) is 6.07 Å². The molecule has 0 saturated carbocycles. The molecule has 2 rings (SSSR count). The summed E-state index contributed by atoms with van der Waals surface area (Å²) in [4.78, 5) is 0. The second-order valence-electron chi connectivity index (χ2n) is 3.97. The zero-order valence-corrected chi connectivity index (χ0v) is 10.2. The van der Waals surface area contributed by atoms with Crippen LogP contribution in [0.5, 0.6) is 0 Å². The van der Waals surface area contributed by atoms with Crippen LogP contribution < -0.4 is 10.6 Å². The summed E-state index contributed by atoms with van der Waals surface area (Å²) < 4.78 is 0. The van der Waals surface area contributed by atoms with E-state index < -0.39 is 0 Å². The Balaban J connectivity index is 2.05. The molecule has 2 N–H and O–H groups in total. The molecular formula is C13H14ClN3. The summed E-state index contributed by atoms with van der Waals surface area (Å²) in [6.45, 7) is 2.72. The average molecular weight is 248 g/mol. The number of hydrogen-bond acceptors (Lipinski definition) is 3. The van der Waals surface area contributed by atoms with E-state index in [4.69, 9.17) is 16.9 Å². The van der Waals surface area contributed by atoms with Crippen molar-refractivity contribution in [1.29, 1.82) is 5.26 Å². The molecule has 1 aromatic carbocycles. The van der Waals surface area contributed by atoms with Gasteiger partial charge in [0, 0.05) is 18.1 Å². The molecule has 17 heavy (non-hydrogen) atoms. The van der Waals surface area contributed by atoms with Gasteiger partial charge in [-0.2, -0.15) is 5.26 Å². The van der Waals surface area contributed by atoms with Gasteiger partial charge in [0.05, 0.1) is 11.3 Å². The topological polar surface area (TPSA) is 47.9 Å². The Morgan fingerprint density at radius 2 is 2.35 bits per heavy atom. The van der Waals surface area contributed by atoms with E-state index in [1.807, 2.05) is 0 Å². The molecule has 1 aliphatic heterocycles. The van der Waals surface area contributed by atoms with E-state index in [0.29, 0.717) is 10.6 Å². The molecule has 0 aromatic heterocycles. The number of halogens is 1. The van der Waals surface area contributed by atoms with Crippen molar-refractivity contribution in [3.63, 3.8) is 0 Å². The minimum atomic E-state index is 0.629. The lowest BCUT2D eigenvalue weighted by Crippen LogP contribution is -2.23. The van der Waals surface area contributed by atoms with Crippen LogP contribution in [-0.2, 0) is 0 Å². The SMILES string of the molecule is N#Cc1ccc(Cl)cc1NCC1=CCNCC1. The molecule has 1 aromatic rings. The van der Waals surface area contributed by atoms with E-state index in [9.17, 15) is 0 Å². The molecule has 0 spiro atoms. The third-order valence-corrected chi connectivity index (χ3v) is 3.00. The zero-order valence-electron chi connectivity index (χ0n) is 9.46. The van der Waals surface area contributed by atoms with Gasteiger partial charge in [0.15, 0.2) is 0 Å². The van der Waals surface area contributed by atoms with Gasteiger partial charge in [-0.3, -0.25) is 0 Å². The van der Waals surface area contributed by atoms with E-state index in [1.165, 1.54) is 5.57 Å². The Morgan fingerprint density at radius 1 is 1.47 bits per heavy atom. The van der Waals surface area contributed by atoms with Crippen LogP contribution >= 0.6 is 11.6 Å². The van der Waals surface area contributed by atoms with Gasteiger partial charge in [0.2, 0.25) is 0 Å². The van der Waals surface area contributed by atoms with E-state index in [1.54, 1.807) is 18.2 Å². The lowest BCUT2D eigenvalue weighted by atomic mass is 10.1. The molecule has 3 nitrogen and oxygen atoms in total. The first-order chi connectivity index (χ1) is 8.29. The zero-order chi connectivity index (χ0) is 12.1. The van der Waals surface area contributed by atoms with Crippen LogP contribution in [-0.4, -0.2) is 19.6 Å². The first kappa shape index (κ1) is 12.0. The lowest BCUT2D eigenvalue weighted by Gasteiger charge is -2.15. The van der Waals surface area contributed by atoms with Gasteiger partial charge in [-0.05, 0) is 31.2 Å². The molecule has 0 atom stereocenters. The average Bonchev–Trinajstić information content (AvgIpc) is 2.38. The Labute approximate surface area is 106 Å². The largest absolute Gasteiger partial charge is 0.380 e. The Morgan fingerprint density at radius 3 is 3.06 bits per heavy atom. The van der Waals surface area contributed by atoms with Crippen molar-refractivity contribution in [2.75, 3.05) is 25.0 Å². The van der Waals surface area contributed by atoms with Crippen molar-refractivity contribution in [1.82, 2.24) is 5.32 Å². The first-order valence-corrected chi connectivity index (χ1v) is 5.99.